The summed E-state index contributed by atoms with van der Waals surface area (Å²) in [6.45, 7) is 0.859. The maximum atomic E-state index is 11.0. The van der Waals surface area contributed by atoms with Crippen LogP contribution in [0.3, 0.4) is 0 Å². The lowest BCUT2D eigenvalue weighted by Gasteiger charge is -2.02. The molecule has 0 bridgehead atoms. The Kier molecular flexibility index (Phi) is 7.14. The van der Waals surface area contributed by atoms with Crippen LogP contribution in [-0.2, 0) is 19.1 Å². The lowest BCUT2D eigenvalue weighted by Crippen LogP contribution is -2.29. The minimum absolute atomic E-state index is 0.0162. The third kappa shape index (κ3) is 7.42. The van der Waals surface area contributed by atoms with Crippen molar-refractivity contribution >= 4 is 11.7 Å². The largest absolute Gasteiger partial charge is 0.383 e. The standard InChI is InChI=1S/C8H15NO4/c1-12-4-3-9-8(11)5-7(10)6-13-2/h3-6H2,1-2H3,(H,9,11). The normalized spacial score (nSPS) is 9.69. The first-order valence-electron chi connectivity index (χ1n) is 3.97. The van der Waals surface area contributed by atoms with Crippen LogP contribution in [0.25, 0.3) is 0 Å². The van der Waals surface area contributed by atoms with E-state index in [9.17, 15) is 9.59 Å². The number of nitrogens with one attached hydrogen (secondary N) is 1. The molecule has 1 N–H and O–H groups in total. The maximum absolute atomic E-state index is 11.0. The van der Waals surface area contributed by atoms with Crippen LogP contribution < -0.4 is 5.32 Å². The lowest BCUT2D eigenvalue weighted by atomic mass is 10.3. The summed E-state index contributed by atoms with van der Waals surface area (Å²) >= 11 is 0. The summed E-state index contributed by atoms with van der Waals surface area (Å²) < 4.78 is 9.30. The first kappa shape index (κ1) is 12.1. The average molecular weight is 189 g/mol. The Hall–Kier alpha value is -0.940. The fourth-order valence-electron chi connectivity index (χ4n) is 0.746. The summed E-state index contributed by atoms with van der Waals surface area (Å²) in [5, 5.41) is 2.53. The van der Waals surface area contributed by atoms with Gasteiger partial charge in [-0.3, -0.25) is 9.59 Å². The van der Waals surface area contributed by atoms with Crippen LogP contribution >= 0.6 is 0 Å². The number of amides is 1. The molecule has 0 aliphatic heterocycles. The van der Waals surface area contributed by atoms with E-state index in [0.29, 0.717) is 13.2 Å². The van der Waals surface area contributed by atoms with E-state index in [4.69, 9.17) is 4.74 Å². The van der Waals surface area contributed by atoms with E-state index in [1.807, 2.05) is 0 Å². The van der Waals surface area contributed by atoms with Gasteiger partial charge in [0.2, 0.25) is 5.91 Å². The van der Waals surface area contributed by atoms with Gasteiger partial charge in [0.15, 0.2) is 5.78 Å². The van der Waals surface area contributed by atoms with E-state index in [1.165, 1.54) is 7.11 Å². The van der Waals surface area contributed by atoms with Crippen LogP contribution in [0.15, 0.2) is 0 Å². The van der Waals surface area contributed by atoms with Crippen LogP contribution in [-0.4, -0.2) is 45.7 Å². The molecule has 0 rings (SSSR count). The average Bonchev–Trinajstić information content (AvgIpc) is 2.05. The molecule has 0 aromatic heterocycles. The molecule has 5 heteroatoms. The third-order valence-electron chi connectivity index (χ3n) is 1.29. The van der Waals surface area contributed by atoms with Crippen molar-refractivity contribution in [1.29, 1.82) is 0 Å². The Morgan fingerprint density at radius 3 is 2.46 bits per heavy atom. The monoisotopic (exact) mass is 189 g/mol. The maximum Gasteiger partial charge on any atom is 0.227 e. The van der Waals surface area contributed by atoms with Crippen molar-refractivity contribution in [3.63, 3.8) is 0 Å². The molecule has 0 saturated carbocycles. The molecule has 0 aliphatic carbocycles. The van der Waals surface area contributed by atoms with E-state index in [0.717, 1.165) is 0 Å². The van der Waals surface area contributed by atoms with E-state index in [-0.39, 0.29) is 24.7 Å². The molecule has 1 amide bonds. The highest BCUT2D eigenvalue weighted by molar-refractivity contribution is 5.98. The number of methoxy groups -OCH3 is 2. The van der Waals surface area contributed by atoms with Crippen molar-refractivity contribution in [2.45, 2.75) is 6.42 Å². The summed E-state index contributed by atoms with van der Waals surface area (Å²) in [5.74, 6) is -0.517. The fourth-order valence-corrected chi connectivity index (χ4v) is 0.746. The van der Waals surface area contributed by atoms with Crippen molar-refractivity contribution in [3.8, 4) is 0 Å². The van der Waals surface area contributed by atoms with Crippen LogP contribution in [0.5, 0.6) is 0 Å². The topological polar surface area (TPSA) is 64.6 Å². The Bertz CT molecular complexity index is 170. The summed E-state index contributed by atoms with van der Waals surface area (Å²) in [5.41, 5.74) is 0. The molecule has 76 valence electrons. The summed E-state index contributed by atoms with van der Waals surface area (Å²) in [7, 11) is 2.96. The number of hydrogen-bond donors (Lipinski definition) is 1. The highest BCUT2D eigenvalue weighted by Gasteiger charge is 2.07. The van der Waals surface area contributed by atoms with Gasteiger partial charge in [0.1, 0.15) is 6.61 Å². The summed E-state index contributed by atoms with van der Waals surface area (Å²) in [4.78, 5) is 21.8. The molecular formula is C8H15NO4. The first-order valence-corrected chi connectivity index (χ1v) is 3.97. The second-order valence-corrected chi connectivity index (χ2v) is 2.49. The van der Waals surface area contributed by atoms with Crippen LogP contribution in [0.4, 0.5) is 0 Å². The Morgan fingerprint density at radius 2 is 1.92 bits per heavy atom. The van der Waals surface area contributed by atoms with Gasteiger partial charge < -0.3 is 14.8 Å². The highest BCUT2D eigenvalue weighted by Crippen LogP contribution is 1.84. The second kappa shape index (κ2) is 7.70. The van der Waals surface area contributed by atoms with E-state index < -0.39 is 0 Å². The number of Topliss-reactive ketones (excluding diaryl/α,β-unsaturated/α-hetero) is 1. The number of carbonyl (C=O) groups is 2. The molecule has 13 heavy (non-hydrogen) atoms. The van der Waals surface area contributed by atoms with E-state index >= 15 is 0 Å². The van der Waals surface area contributed by atoms with Gasteiger partial charge in [-0.1, -0.05) is 0 Å². The first-order chi connectivity index (χ1) is 6.20. The molecule has 0 saturated heterocycles. The molecular weight excluding hydrogens is 174 g/mol. The summed E-state index contributed by atoms with van der Waals surface area (Å²) in [6.07, 6.45) is -0.127. The van der Waals surface area contributed by atoms with E-state index in [2.05, 4.69) is 10.1 Å². The predicted molar refractivity (Wildman–Crippen MR) is 46.4 cm³/mol. The van der Waals surface area contributed by atoms with E-state index in [1.54, 1.807) is 7.11 Å². The number of ketones is 1. The van der Waals surface area contributed by atoms with Gasteiger partial charge in [-0.25, -0.2) is 0 Å². The number of carbonyl (C=O) groups excluding carboxylic acids is 2. The van der Waals surface area contributed by atoms with Crippen molar-refractivity contribution in [3.05, 3.63) is 0 Å². The molecule has 0 atom stereocenters. The molecule has 0 radical (unpaired) electrons. The van der Waals surface area contributed by atoms with Gasteiger partial charge in [-0.15, -0.1) is 0 Å². The van der Waals surface area contributed by atoms with Crippen molar-refractivity contribution in [2.24, 2.45) is 0 Å². The predicted octanol–water partition coefficient (Wildman–Crippen LogP) is -0.645. The van der Waals surface area contributed by atoms with Crippen LogP contribution in [0.1, 0.15) is 6.42 Å². The van der Waals surface area contributed by atoms with Crippen molar-refractivity contribution in [1.82, 2.24) is 5.32 Å². The highest BCUT2D eigenvalue weighted by atomic mass is 16.5. The Balaban J connectivity index is 3.44. The third-order valence-corrected chi connectivity index (χ3v) is 1.29. The lowest BCUT2D eigenvalue weighted by molar-refractivity contribution is -0.130. The molecule has 0 aliphatic rings. The second-order valence-electron chi connectivity index (χ2n) is 2.49. The fraction of sp³-hybridized carbons (Fsp3) is 0.750. The Morgan fingerprint density at radius 1 is 1.23 bits per heavy atom. The summed E-state index contributed by atoms with van der Waals surface area (Å²) in [6, 6.07) is 0. The molecule has 0 aromatic rings. The minimum atomic E-state index is -0.292. The molecule has 0 unspecified atom stereocenters. The minimum Gasteiger partial charge on any atom is -0.383 e. The molecule has 0 fully saturated rings. The SMILES string of the molecule is COCCNC(=O)CC(=O)COC. The number of hydrogen-bond acceptors (Lipinski definition) is 4. The van der Waals surface area contributed by atoms with Crippen LogP contribution in [0, 0.1) is 0 Å². The zero-order valence-electron chi connectivity index (χ0n) is 7.96. The molecule has 5 nitrogen and oxygen atoms in total. The molecule has 0 aromatic carbocycles. The zero-order chi connectivity index (χ0) is 10.1. The smallest absolute Gasteiger partial charge is 0.227 e. The number of rotatable bonds is 7. The van der Waals surface area contributed by atoms with Gasteiger partial charge in [0.25, 0.3) is 0 Å². The Labute approximate surface area is 77.4 Å². The van der Waals surface area contributed by atoms with Gasteiger partial charge in [-0.2, -0.15) is 0 Å². The van der Waals surface area contributed by atoms with Gasteiger partial charge in [0, 0.05) is 20.8 Å². The van der Waals surface area contributed by atoms with Gasteiger partial charge in [0.05, 0.1) is 13.0 Å². The molecule has 0 spiro atoms. The quantitative estimate of drug-likeness (QED) is 0.427. The van der Waals surface area contributed by atoms with Crippen molar-refractivity contribution < 1.29 is 19.1 Å². The van der Waals surface area contributed by atoms with Crippen molar-refractivity contribution in [2.75, 3.05) is 34.0 Å². The van der Waals surface area contributed by atoms with Crippen LogP contribution in [0.2, 0.25) is 0 Å². The zero-order valence-corrected chi connectivity index (χ0v) is 7.96. The van der Waals surface area contributed by atoms with Gasteiger partial charge in [-0.05, 0) is 0 Å². The number of ether oxygens (including phenoxy) is 2. The molecule has 0 heterocycles. The van der Waals surface area contributed by atoms with Gasteiger partial charge >= 0.3 is 0 Å².